The summed E-state index contributed by atoms with van der Waals surface area (Å²) in [5.41, 5.74) is 4.86. The largest absolute Gasteiger partial charge is 0.317 e. The average molecular weight is 215 g/mol. The van der Waals surface area contributed by atoms with Gasteiger partial charge in [0.25, 0.3) is 0 Å². The zero-order valence-electron chi connectivity index (χ0n) is 9.70. The maximum Gasteiger partial charge on any atom is 0.0332 e. The van der Waals surface area contributed by atoms with Gasteiger partial charge >= 0.3 is 0 Å². The second-order valence-electron chi connectivity index (χ2n) is 4.32. The molecule has 0 aliphatic rings. The SMILES string of the molecule is Cc1ccc(CC(C)NO)c2ccccc12. The first-order valence-electron chi connectivity index (χ1n) is 5.59. The fraction of sp³-hybridized carbons (Fsp3) is 0.286. The van der Waals surface area contributed by atoms with Crippen LogP contribution in [0.1, 0.15) is 18.1 Å². The molecule has 84 valence electrons. The Labute approximate surface area is 95.9 Å². The molecule has 0 spiro atoms. The molecule has 0 saturated carbocycles. The molecule has 2 aromatic carbocycles. The molecule has 2 N–H and O–H groups in total. The van der Waals surface area contributed by atoms with Crippen LogP contribution < -0.4 is 5.48 Å². The van der Waals surface area contributed by atoms with Crippen molar-refractivity contribution in [3.05, 3.63) is 47.5 Å². The third-order valence-electron chi connectivity index (χ3n) is 2.98. The summed E-state index contributed by atoms with van der Waals surface area (Å²) < 4.78 is 0. The highest BCUT2D eigenvalue weighted by Gasteiger charge is 2.06. The van der Waals surface area contributed by atoms with Crippen LogP contribution in [0.3, 0.4) is 0 Å². The van der Waals surface area contributed by atoms with E-state index in [0.29, 0.717) is 0 Å². The number of benzene rings is 2. The molecule has 2 heteroatoms. The van der Waals surface area contributed by atoms with Crippen molar-refractivity contribution in [2.75, 3.05) is 0 Å². The predicted molar refractivity (Wildman–Crippen MR) is 66.8 cm³/mol. The lowest BCUT2D eigenvalue weighted by Crippen LogP contribution is -2.24. The molecule has 1 atom stereocenters. The van der Waals surface area contributed by atoms with Gasteiger partial charge in [0, 0.05) is 6.04 Å². The van der Waals surface area contributed by atoms with Crippen LogP contribution in [0.2, 0.25) is 0 Å². The molecule has 0 amide bonds. The third-order valence-corrected chi connectivity index (χ3v) is 2.98. The van der Waals surface area contributed by atoms with Crippen molar-refractivity contribution in [1.82, 2.24) is 5.48 Å². The van der Waals surface area contributed by atoms with Gasteiger partial charge in [-0.2, -0.15) is 0 Å². The lowest BCUT2D eigenvalue weighted by Gasteiger charge is -2.12. The fourth-order valence-corrected chi connectivity index (χ4v) is 2.07. The topological polar surface area (TPSA) is 32.3 Å². The maximum atomic E-state index is 8.87. The molecule has 2 nitrogen and oxygen atoms in total. The van der Waals surface area contributed by atoms with E-state index in [-0.39, 0.29) is 6.04 Å². The van der Waals surface area contributed by atoms with Gasteiger partial charge in [0.1, 0.15) is 0 Å². The Kier molecular flexibility index (Phi) is 3.22. The van der Waals surface area contributed by atoms with Gasteiger partial charge in [-0.3, -0.25) is 0 Å². The van der Waals surface area contributed by atoms with Gasteiger partial charge in [0.2, 0.25) is 0 Å². The summed E-state index contributed by atoms with van der Waals surface area (Å²) in [6, 6.07) is 12.8. The van der Waals surface area contributed by atoms with E-state index in [9.17, 15) is 0 Å². The Hall–Kier alpha value is -1.38. The standard InChI is InChI=1S/C14H17NO/c1-10-7-8-12(9-11(2)15-16)14-6-4-3-5-13(10)14/h3-8,11,15-16H,9H2,1-2H3. The van der Waals surface area contributed by atoms with Gasteiger partial charge < -0.3 is 5.21 Å². The molecule has 0 fully saturated rings. The number of hydrogen-bond donors (Lipinski definition) is 2. The van der Waals surface area contributed by atoms with Gasteiger partial charge in [0.05, 0.1) is 0 Å². The van der Waals surface area contributed by atoms with Gasteiger partial charge in [-0.05, 0) is 42.2 Å². The molecule has 0 radical (unpaired) electrons. The van der Waals surface area contributed by atoms with Gasteiger partial charge in [0.15, 0.2) is 0 Å². The highest BCUT2D eigenvalue weighted by Crippen LogP contribution is 2.23. The van der Waals surface area contributed by atoms with Crippen molar-refractivity contribution in [3.63, 3.8) is 0 Å². The highest BCUT2D eigenvalue weighted by molar-refractivity contribution is 5.88. The summed E-state index contributed by atoms with van der Waals surface area (Å²) >= 11 is 0. The molecule has 2 aromatic rings. The van der Waals surface area contributed by atoms with Crippen molar-refractivity contribution in [1.29, 1.82) is 0 Å². The van der Waals surface area contributed by atoms with Crippen LogP contribution in [0, 0.1) is 6.92 Å². The smallest absolute Gasteiger partial charge is 0.0332 e. The summed E-state index contributed by atoms with van der Waals surface area (Å²) in [5.74, 6) is 0. The van der Waals surface area contributed by atoms with Crippen LogP contribution in [0.15, 0.2) is 36.4 Å². The molecule has 0 aromatic heterocycles. The second kappa shape index (κ2) is 4.64. The predicted octanol–water partition coefficient (Wildman–Crippen LogP) is 3.06. The van der Waals surface area contributed by atoms with E-state index in [4.69, 9.17) is 5.21 Å². The minimum Gasteiger partial charge on any atom is -0.317 e. The first kappa shape index (κ1) is 11.1. The maximum absolute atomic E-state index is 8.87. The Bertz CT molecular complexity index is 493. The van der Waals surface area contributed by atoms with E-state index in [0.717, 1.165) is 6.42 Å². The number of hydroxylamine groups is 1. The Morgan fingerprint density at radius 1 is 1.12 bits per heavy atom. The zero-order chi connectivity index (χ0) is 11.5. The summed E-state index contributed by atoms with van der Waals surface area (Å²) in [7, 11) is 0. The molecule has 0 bridgehead atoms. The molecule has 0 aliphatic heterocycles. The number of nitrogens with one attached hydrogen (secondary N) is 1. The normalized spacial score (nSPS) is 12.9. The van der Waals surface area contributed by atoms with Crippen molar-refractivity contribution in [2.24, 2.45) is 0 Å². The molecule has 0 aliphatic carbocycles. The minimum atomic E-state index is 0.0751. The minimum absolute atomic E-state index is 0.0751. The second-order valence-corrected chi connectivity index (χ2v) is 4.32. The molecule has 0 saturated heterocycles. The van der Waals surface area contributed by atoms with E-state index < -0.39 is 0 Å². The van der Waals surface area contributed by atoms with Gasteiger partial charge in [-0.15, -0.1) is 0 Å². The van der Waals surface area contributed by atoms with Crippen LogP contribution in [0.4, 0.5) is 0 Å². The molecular weight excluding hydrogens is 198 g/mol. The number of aryl methyl sites for hydroxylation is 1. The molecular formula is C14H17NO. The molecule has 0 heterocycles. The summed E-state index contributed by atoms with van der Waals surface area (Å²) in [6.07, 6.45) is 0.831. The Morgan fingerprint density at radius 3 is 2.50 bits per heavy atom. The van der Waals surface area contributed by atoms with E-state index in [1.165, 1.54) is 21.9 Å². The number of fused-ring (bicyclic) bond motifs is 1. The average Bonchev–Trinajstić information content (AvgIpc) is 2.33. The quantitative estimate of drug-likeness (QED) is 0.771. The van der Waals surface area contributed by atoms with E-state index in [1.54, 1.807) is 0 Å². The van der Waals surface area contributed by atoms with Crippen LogP contribution in [0.5, 0.6) is 0 Å². The van der Waals surface area contributed by atoms with E-state index in [1.807, 2.05) is 6.92 Å². The van der Waals surface area contributed by atoms with Gasteiger partial charge in [-0.1, -0.05) is 36.4 Å². The van der Waals surface area contributed by atoms with Crippen molar-refractivity contribution in [3.8, 4) is 0 Å². The lowest BCUT2D eigenvalue weighted by atomic mass is 9.97. The molecule has 1 unspecified atom stereocenters. The molecule has 16 heavy (non-hydrogen) atoms. The monoisotopic (exact) mass is 215 g/mol. The summed E-state index contributed by atoms with van der Waals surface area (Å²) in [5, 5.41) is 11.5. The fourth-order valence-electron chi connectivity index (χ4n) is 2.07. The Balaban J connectivity index is 2.50. The third kappa shape index (κ3) is 2.08. The van der Waals surface area contributed by atoms with E-state index in [2.05, 4.69) is 48.8 Å². The Morgan fingerprint density at radius 2 is 1.81 bits per heavy atom. The molecule has 2 rings (SSSR count). The van der Waals surface area contributed by atoms with Gasteiger partial charge in [-0.25, -0.2) is 5.48 Å². The number of rotatable bonds is 3. The first-order valence-corrected chi connectivity index (χ1v) is 5.59. The van der Waals surface area contributed by atoms with E-state index >= 15 is 0 Å². The van der Waals surface area contributed by atoms with Crippen LogP contribution in [-0.2, 0) is 6.42 Å². The van der Waals surface area contributed by atoms with Crippen LogP contribution in [-0.4, -0.2) is 11.2 Å². The van der Waals surface area contributed by atoms with Crippen LogP contribution in [0.25, 0.3) is 10.8 Å². The van der Waals surface area contributed by atoms with Crippen molar-refractivity contribution >= 4 is 10.8 Å². The number of hydrogen-bond acceptors (Lipinski definition) is 2. The zero-order valence-corrected chi connectivity index (χ0v) is 9.70. The highest BCUT2D eigenvalue weighted by atomic mass is 16.5. The first-order chi connectivity index (χ1) is 7.72. The summed E-state index contributed by atoms with van der Waals surface area (Å²) in [4.78, 5) is 0. The van der Waals surface area contributed by atoms with Crippen molar-refractivity contribution < 1.29 is 5.21 Å². The van der Waals surface area contributed by atoms with Crippen LogP contribution >= 0.6 is 0 Å². The summed E-state index contributed by atoms with van der Waals surface area (Å²) in [6.45, 7) is 4.09. The van der Waals surface area contributed by atoms with Crippen molar-refractivity contribution in [2.45, 2.75) is 26.3 Å². The lowest BCUT2D eigenvalue weighted by molar-refractivity contribution is 0.133.